The minimum absolute atomic E-state index is 0.327. The van der Waals surface area contributed by atoms with Crippen molar-refractivity contribution < 1.29 is 5.11 Å². The molecule has 1 fully saturated rings. The van der Waals surface area contributed by atoms with Gasteiger partial charge in [-0.05, 0) is 11.8 Å². The van der Waals surface area contributed by atoms with Gasteiger partial charge >= 0.3 is 0 Å². The van der Waals surface area contributed by atoms with Crippen molar-refractivity contribution in [2.75, 3.05) is 26.2 Å². The van der Waals surface area contributed by atoms with Gasteiger partial charge in [-0.25, -0.2) is 0 Å². The van der Waals surface area contributed by atoms with Crippen LogP contribution in [0, 0.1) is 11.8 Å². The molecule has 2 nitrogen and oxygen atoms in total. The van der Waals surface area contributed by atoms with Gasteiger partial charge in [0.05, 0.1) is 0 Å². The number of aliphatic hydroxyl groups is 1. The van der Waals surface area contributed by atoms with Crippen LogP contribution in [-0.2, 0) is 0 Å². The Labute approximate surface area is 69.2 Å². The Bertz CT molecular complexity index is 110. The maximum atomic E-state index is 8.80. The second-order valence-electron chi connectivity index (χ2n) is 3.78. The van der Waals surface area contributed by atoms with Crippen molar-refractivity contribution in [2.45, 2.75) is 20.3 Å². The molecule has 0 bridgehead atoms. The zero-order valence-corrected chi connectivity index (χ0v) is 7.58. The average Bonchev–Trinajstić information content (AvgIpc) is 1.95. The molecular weight excluding hydrogens is 138 g/mol. The van der Waals surface area contributed by atoms with Crippen molar-refractivity contribution in [1.82, 2.24) is 4.90 Å². The normalized spacial score (nSPS) is 23.2. The van der Waals surface area contributed by atoms with Gasteiger partial charge in [-0.1, -0.05) is 20.3 Å². The number of nitrogens with zero attached hydrogens (tertiary/aromatic N) is 1. The van der Waals surface area contributed by atoms with E-state index in [9.17, 15) is 0 Å². The molecule has 66 valence electrons. The van der Waals surface area contributed by atoms with E-state index in [0.29, 0.717) is 12.5 Å². The minimum atomic E-state index is 0.327. The first-order valence-corrected chi connectivity index (χ1v) is 4.59. The van der Waals surface area contributed by atoms with Gasteiger partial charge in [0.15, 0.2) is 0 Å². The Kier molecular flexibility index (Phi) is 3.34. The van der Waals surface area contributed by atoms with E-state index >= 15 is 0 Å². The predicted octanol–water partition coefficient (Wildman–Crippen LogP) is 0.957. The summed E-state index contributed by atoms with van der Waals surface area (Å²) < 4.78 is 0. The molecule has 1 aliphatic rings. The smallest absolute Gasteiger partial charge is 0.0468 e. The number of hydrogen-bond acceptors (Lipinski definition) is 2. The summed E-state index contributed by atoms with van der Waals surface area (Å²) in [6.07, 6.45) is 1.31. The fourth-order valence-corrected chi connectivity index (χ4v) is 1.58. The van der Waals surface area contributed by atoms with Gasteiger partial charge in [0.2, 0.25) is 0 Å². The molecule has 0 radical (unpaired) electrons. The number of rotatable bonds is 4. The summed E-state index contributed by atoms with van der Waals surface area (Å²) in [5.41, 5.74) is 0. The third kappa shape index (κ3) is 2.46. The van der Waals surface area contributed by atoms with Gasteiger partial charge in [-0.2, -0.15) is 0 Å². The summed E-state index contributed by atoms with van der Waals surface area (Å²) in [5.74, 6) is 1.38. The Balaban J connectivity index is 2.04. The summed E-state index contributed by atoms with van der Waals surface area (Å²) in [6, 6.07) is 0. The first kappa shape index (κ1) is 9.01. The molecule has 1 N–H and O–H groups in total. The van der Waals surface area contributed by atoms with Gasteiger partial charge in [0.25, 0.3) is 0 Å². The fraction of sp³-hybridized carbons (Fsp3) is 1.00. The van der Waals surface area contributed by atoms with E-state index in [-0.39, 0.29) is 0 Å². The van der Waals surface area contributed by atoms with Gasteiger partial charge in [0.1, 0.15) is 0 Å². The molecule has 0 saturated carbocycles. The zero-order chi connectivity index (χ0) is 8.27. The van der Waals surface area contributed by atoms with Crippen molar-refractivity contribution in [1.29, 1.82) is 0 Å². The van der Waals surface area contributed by atoms with Crippen LogP contribution in [0.4, 0.5) is 0 Å². The monoisotopic (exact) mass is 157 g/mol. The van der Waals surface area contributed by atoms with Crippen molar-refractivity contribution in [3.63, 3.8) is 0 Å². The number of aliphatic hydroxyl groups excluding tert-OH is 1. The second kappa shape index (κ2) is 4.07. The van der Waals surface area contributed by atoms with Crippen molar-refractivity contribution in [3.05, 3.63) is 0 Å². The topological polar surface area (TPSA) is 23.5 Å². The molecule has 1 heterocycles. The van der Waals surface area contributed by atoms with Crippen LogP contribution in [0.5, 0.6) is 0 Å². The Morgan fingerprint density at radius 3 is 2.64 bits per heavy atom. The summed E-state index contributed by atoms with van der Waals surface area (Å²) >= 11 is 0. The molecule has 2 heteroatoms. The zero-order valence-electron chi connectivity index (χ0n) is 7.58. The van der Waals surface area contributed by atoms with E-state index < -0.39 is 0 Å². The first-order chi connectivity index (χ1) is 5.26. The fourth-order valence-electron chi connectivity index (χ4n) is 1.58. The maximum absolute atomic E-state index is 8.80. The van der Waals surface area contributed by atoms with Crippen LogP contribution in [0.1, 0.15) is 20.3 Å². The molecule has 0 aromatic rings. The molecule has 11 heavy (non-hydrogen) atoms. The lowest BCUT2D eigenvalue weighted by Gasteiger charge is -2.40. The van der Waals surface area contributed by atoms with Gasteiger partial charge in [-0.3, -0.25) is 0 Å². The van der Waals surface area contributed by atoms with Gasteiger partial charge in [-0.15, -0.1) is 0 Å². The van der Waals surface area contributed by atoms with Gasteiger partial charge < -0.3 is 10.0 Å². The van der Waals surface area contributed by atoms with E-state index in [1.165, 1.54) is 19.5 Å². The molecule has 0 aromatic carbocycles. The lowest BCUT2D eigenvalue weighted by atomic mass is 9.96. The van der Waals surface area contributed by atoms with Crippen LogP contribution < -0.4 is 0 Å². The maximum Gasteiger partial charge on any atom is 0.0468 e. The molecule has 1 unspecified atom stereocenters. The van der Waals surface area contributed by atoms with Crippen molar-refractivity contribution >= 4 is 0 Å². The van der Waals surface area contributed by atoms with E-state index in [2.05, 4.69) is 18.7 Å². The van der Waals surface area contributed by atoms with E-state index in [1.807, 2.05) is 0 Å². The highest BCUT2D eigenvalue weighted by Gasteiger charge is 2.25. The molecule has 0 aliphatic carbocycles. The Morgan fingerprint density at radius 2 is 2.18 bits per heavy atom. The highest BCUT2D eigenvalue weighted by molar-refractivity contribution is 4.79. The molecule has 1 rings (SSSR count). The van der Waals surface area contributed by atoms with Crippen molar-refractivity contribution in [3.8, 4) is 0 Å². The van der Waals surface area contributed by atoms with Crippen LogP contribution in [-0.4, -0.2) is 36.2 Å². The summed E-state index contributed by atoms with van der Waals surface area (Å²) in [7, 11) is 0. The number of hydrogen-bond donors (Lipinski definition) is 1. The highest BCUT2D eigenvalue weighted by Crippen LogP contribution is 2.19. The van der Waals surface area contributed by atoms with E-state index in [4.69, 9.17) is 5.11 Å². The first-order valence-electron chi connectivity index (χ1n) is 4.59. The Morgan fingerprint density at radius 1 is 1.55 bits per heavy atom. The predicted molar refractivity (Wildman–Crippen MR) is 46.5 cm³/mol. The third-order valence-electron chi connectivity index (χ3n) is 2.49. The molecular formula is C9H19NO. The van der Waals surface area contributed by atoms with Crippen LogP contribution in [0.3, 0.4) is 0 Å². The van der Waals surface area contributed by atoms with Crippen LogP contribution >= 0.6 is 0 Å². The number of likely N-dealkylation sites (tertiary alicyclic amines) is 1. The van der Waals surface area contributed by atoms with Crippen LogP contribution in [0.15, 0.2) is 0 Å². The van der Waals surface area contributed by atoms with Gasteiger partial charge in [0, 0.05) is 26.2 Å². The molecule has 1 atom stereocenters. The Hall–Kier alpha value is -0.0800. The largest absolute Gasteiger partial charge is 0.396 e. The molecule has 0 amide bonds. The SMILES string of the molecule is CCC1CN(CC(C)CO)C1. The summed E-state index contributed by atoms with van der Waals surface area (Å²) in [4.78, 5) is 2.43. The molecule has 0 spiro atoms. The minimum Gasteiger partial charge on any atom is -0.396 e. The average molecular weight is 157 g/mol. The van der Waals surface area contributed by atoms with Crippen LogP contribution in [0.25, 0.3) is 0 Å². The van der Waals surface area contributed by atoms with E-state index in [0.717, 1.165) is 12.5 Å². The third-order valence-corrected chi connectivity index (χ3v) is 2.49. The molecule has 0 aromatic heterocycles. The summed E-state index contributed by atoms with van der Waals surface area (Å²) in [6.45, 7) is 8.25. The van der Waals surface area contributed by atoms with E-state index in [1.54, 1.807) is 0 Å². The highest BCUT2D eigenvalue weighted by atomic mass is 16.3. The molecule has 1 saturated heterocycles. The quantitative estimate of drug-likeness (QED) is 0.657. The lowest BCUT2D eigenvalue weighted by molar-refractivity contribution is 0.0684. The standard InChI is InChI=1S/C9H19NO/c1-3-9-5-10(6-9)4-8(2)7-11/h8-9,11H,3-7H2,1-2H3. The lowest BCUT2D eigenvalue weighted by Crippen LogP contribution is -2.48. The molecule has 1 aliphatic heterocycles. The summed E-state index contributed by atoms with van der Waals surface area (Å²) in [5, 5.41) is 8.80. The van der Waals surface area contributed by atoms with Crippen LogP contribution in [0.2, 0.25) is 0 Å². The van der Waals surface area contributed by atoms with Crippen molar-refractivity contribution in [2.24, 2.45) is 11.8 Å². The second-order valence-corrected chi connectivity index (χ2v) is 3.78.